The minimum Gasteiger partial charge on any atom is -0.320 e. The first-order valence-corrected chi connectivity index (χ1v) is 6.71. The van der Waals surface area contributed by atoms with E-state index in [2.05, 4.69) is 0 Å². The lowest BCUT2D eigenvalue weighted by molar-refractivity contribution is -0.188. The normalized spacial score (nSPS) is 18.9. The van der Waals surface area contributed by atoms with Gasteiger partial charge in [0.25, 0.3) is 0 Å². The predicted octanol–water partition coefficient (Wildman–Crippen LogP) is 3.36. The highest BCUT2D eigenvalue weighted by atomic mass is 19.4. The van der Waals surface area contributed by atoms with Crippen LogP contribution in [0.3, 0.4) is 0 Å². The van der Waals surface area contributed by atoms with Gasteiger partial charge in [-0.1, -0.05) is 38.1 Å². The summed E-state index contributed by atoms with van der Waals surface area (Å²) in [5, 5.41) is 0. The third-order valence-corrected chi connectivity index (χ3v) is 3.51. The molecule has 0 fully saturated rings. The number of benzene rings is 1. The van der Waals surface area contributed by atoms with Crippen LogP contribution in [0.1, 0.15) is 42.2 Å². The molecule has 1 heterocycles. The Labute approximate surface area is 120 Å². The fourth-order valence-corrected chi connectivity index (χ4v) is 2.64. The van der Waals surface area contributed by atoms with Gasteiger partial charge in [0.15, 0.2) is 5.78 Å². The summed E-state index contributed by atoms with van der Waals surface area (Å²) < 4.78 is 38.2. The summed E-state index contributed by atoms with van der Waals surface area (Å²) in [5.74, 6) is -2.31. The first-order valence-electron chi connectivity index (χ1n) is 6.71. The summed E-state index contributed by atoms with van der Waals surface area (Å²) in [6.07, 6.45) is -4.59. The number of halogens is 3. The van der Waals surface area contributed by atoms with E-state index in [1.807, 2.05) is 13.8 Å². The van der Waals surface area contributed by atoms with Crippen molar-refractivity contribution in [2.75, 3.05) is 6.54 Å². The molecule has 0 saturated heterocycles. The highest BCUT2D eigenvalue weighted by molar-refractivity contribution is 6.02. The first-order chi connectivity index (χ1) is 9.71. The Kier molecular flexibility index (Phi) is 4.07. The quantitative estimate of drug-likeness (QED) is 0.839. The molecule has 3 nitrogen and oxygen atoms in total. The third kappa shape index (κ3) is 3.09. The van der Waals surface area contributed by atoms with Crippen molar-refractivity contribution >= 4 is 11.7 Å². The van der Waals surface area contributed by atoms with Crippen molar-refractivity contribution in [1.82, 2.24) is 4.90 Å². The molecule has 1 amide bonds. The first kappa shape index (κ1) is 15.5. The molecule has 1 atom stereocenters. The van der Waals surface area contributed by atoms with E-state index in [9.17, 15) is 22.8 Å². The number of rotatable bonds is 2. The number of alkyl halides is 3. The highest BCUT2D eigenvalue weighted by Gasteiger charge is 2.47. The van der Waals surface area contributed by atoms with Crippen LogP contribution in [0.4, 0.5) is 13.2 Å². The molecular formula is C15H16F3NO2. The van der Waals surface area contributed by atoms with Gasteiger partial charge in [0.05, 0.1) is 12.6 Å². The number of fused-ring (bicyclic) bond motifs is 1. The largest absolute Gasteiger partial charge is 0.471 e. The number of nitrogens with zero attached hydrogens (tertiary/aromatic N) is 1. The molecular weight excluding hydrogens is 283 g/mol. The van der Waals surface area contributed by atoms with E-state index >= 15 is 0 Å². The van der Waals surface area contributed by atoms with Crippen LogP contribution in [0.2, 0.25) is 0 Å². The van der Waals surface area contributed by atoms with Crippen LogP contribution in [-0.2, 0) is 4.79 Å². The second kappa shape index (κ2) is 5.50. The van der Waals surface area contributed by atoms with Crippen LogP contribution < -0.4 is 0 Å². The van der Waals surface area contributed by atoms with Crippen LogP contribution in [-0.4, -0.2) is 29.3 Å². The predicted molar refractivity (Wildman–Crippen MR) is 70.7 cm³/mol. The zero-order valence-corrected chi connectivity index (χ0v) is 11.8. The van der Waals surface area contributed by atoms with Crippen molar-refractivity contribution < 1.29 is 22.8 Å². The molecule has 2 rings (SSSR count). The second-order valence-corrected chi connectivity index (χ2v) is 5.59. The minimum atomic E-state index is -4.97. The van der Waals surface area contributed by atoms with Crippen molar-refractivity contribution in [1.29, 1.82) is 0 Å². The molecule has 1 aliphatic heterocycles. The highest BCUT2D eigenvalue weighted by Crippen LogP contribution is 2.36. The van der Waals surface area contributed by atoms with Crippen molar-refractivity contribution in [3.8, 4) is 0 Å². The Bertz CT molecular complexity index is 566. The van der Waals surface area contributed by atoms with Crippen molar-refractivity contribution in [2.24, 2.45) is 5.92 Å². The number of amides is 1. The molecule has 21 heavy (non-hydrogen) atoms. The molecule has 1 aliphatic rings. The molecule has 0 aromatic heterocycles. The number of ketones is 1. The van der Waals surface area contributed by atoms with Crippen molar-refractivity contribution in [3.05, 3.63) is 35.4 Å². The van der Waals surface area contributed by atoms with Gasteiger partial charge in [0, 0.05) is 5.56 Å². The summed E-state index contributed by atoms with van der Waals surface area (Å²) in [6, 6.07) is 5.84. The van der Waals surface area contributed by atoms with E-state index in [0.717, 1.165) is 0 Å². The SMILES string of the molecule is CC(C)CC1c2ccccc2C(=O)CN1C(=O)C(F)(F)F. The number of hydrogen-bond donors (Lipinski definition) is 0. The Morgan fingerprint density at radius 2 is 1.95 bits per heavy atom. The van der Waals surface area contributed by atoms with Gasteiger partial charge in [-0.2, -0.15) is 13.2 Å². The Morgan fingerprint density at radius 1 is 1.33 bits per heavy atom. The second-order valence-electron chi connectivity index (χ2n) is 5.59. The van der Waals surface area contributed by atoms with Crippen molar-refractivity contribution in [3.63, 3.8) is 0 Å². The molecule has 0 spiro atoms. The summed E-state index contributed by atoms with van der Waals surface area (Å²) in [6.45, 7) is 3.22. The lowest BCUT2D eigenvalue weighted by atomic mass is 9.87. The molecule has 0 radical (unpaired) electrons. The van der Waals surface area contributed by atoms with E-state index < -0.39 is 30.5 Å². The van der Waals surface area contributed by atoms with Gasteiger partial charge in [-0.25, -0.2) is 0 Å². The van der Waals surface area contributed by atoms with E-state index in [1.54, 1.807) is 24.3 Å². The lowest BCUT2D eigenvalue weighted by Crippen LogP contribution is -2.48. The molecule has 0 saturated carbocycles. The molecule has 6 heteroatoms. The number of carbonyl (C=O) groups is 2. The van der Waals surface area contributed by atoms with E-state index in [-0.39, 0.29) is 5.92 Å². The Hall–Kier alpha value is -1.85. The maximum atomic E-state index is 12.7. The lowest BCUT2D eigenvalue weighted by Gasteiger charge is -2.37. The topological polar surface area (TPSA) is 37.4 Å². The maximum absolute atomic E-state index is 12.7. The average Bonchev–Trinajstić information content (AvgIpc) is 2.39. The van der Waals surface area contributed by atoms with Gasteiger partial charge in [-0.05, 0) is 17.9 Å². The van der Waals surface area contributed by atoms with Gasteiger partial charge in [0.1, 0.15) is 0 Å². The van der Waals surface area contributed by atoms with Crippen LogP contribution in [0, 0.1) is 5.92 Å². The number of Topliss-reactive ketones (excluding diaryl/α,β-unsaturated/α-hetero) is 1. The minimum absolute atomic E-state index is 0.0970. The standard InChI is InChI=1S/C15H16F3NO2/c1-9(2)7-12-10-5-3-4-6-11(10)13(20)8-19(12)14(21)15(16,17)18/h3-6,9,12H,7-8H2,1-2H3. The summed E-state index contributed by atoms with van der Waals surface area (Å²) in [4.78, 5) is 24.3. The van der Waals surface area contributed by atoms with Gasteiger partial charge in [-0.15, -0.1) is 0 Å². The van der Waals surface area contributed by atoms with E-state index in [1.165, 1.54) is 0 Å². The molecule has 1 unspecified atom stereocenters. The maximum Gasteiger partial charge on any atom is 0.471 e. The zero-order chi connectivity index (χ0) is 15.8. The smallest absolute Gasteiger partial charge is 0.320 e. The summed E-state index contributed by atoms with van der Waals surface area (Å²) >= 11 is 0. The monoisotopic (exact) mass is 299 g/mol. The van der Waals surface area contributed by atoms with Crippen LogP contribution in [0.15, 0.2) is 24.3 Å². The van der Waals surface area contributed by atoms with Crippen molar-refractivity contribution in [2.45, 2.75) is 32.5 Å². The van der Waals surface area contributed by atoms with Gasteiger partial charge >= 0.3 is 12.1 Å². The number of hydrogen-bond acceptors (Lipinski definition) is 2. The van der Waals surface area contributed by atoms with Crippen LogP contribution in [0.5, 0.6) is 0 Å². The molecule has 0 N–H and O–H groups in total. The fourth-order valence-electron chi connectivity index (χ4n) is 2.64. The fraction of sp³-hybridized carbons (Fsp3) is 0.467. The summed E-state index contributed by atoms with van der Waals surface area (Å²) in [7, 11) is 0. The van der Waals surface area contributed by atoms with Gasteiger partial charge in [-0.3, -0.25) is 9.59 Å². The van der Waals surface area contributed by atoms with Crippen LogP contribution >= 0.6 is 0 Å². The molecule has 1 aromatic rings. The average molecular weight is 299 g/mol. The molecule has 1 aromatic carbocycles. The Balaban J connectivity index is 2.47. The molecule has 114 valence electrons. The van der Waals surface area contributed by atoms with E-state index in [0.29, 0.717) is 22.4 Å². The number of carbonyl (C=O) groups excluding carboxylic acids is 2. The van der Waals surface area contributed by atoms with E-state index in [4.69, 9.17) is 0 Å². The summed E-state index contributed by atoms with van der Waals surface area (Å²) in [5.41, 5.74) is 0.912. The van der Waals surface area contributed by atoms with Crippen LogP contribution in [0.25, 0.3) is 0 Å². The van der Waals surface area contributed by atoms with Gasteiger partial charge in [0.2, 0.25) is 0 Å². The third-order valence-electron chi connectivity index (χ3n) is 3.51. The molecule has 0 bridgehead atoms. The zero-order valence-electron chi connectivity index (χ0n) is 11.8. The van der Waals surface area contributed by atoms with Gasteiger partial charge < -0.3 is 4.90 Å². The molecule has 0 aliphatic carbocycles. The Morgan fingerprint density at radius 3 is 2.52 bits per heavy atom.